The molecule has 0 radical (unpaired) electrons. The molecule has 112 valence electrons. The summed E-state index contributed by atoms with van der Waals surface area (Å²) in [6.07, 6.45) is 0. The summed E-state index contributed by atoms with van der Waals surface area (Å²) < 4.78 is 0.977. The first-order valence-corrected chi connectivity index (χ1v) is 7.27. The lowest BCUT2D eigenvalue weighted by molar-refractivity contribution is 0.0366. The number of nitrogens with zero attached hydrogens (tertiary/aromatic N) is 1. The van der Waals surface area contributed by atoms with Crippen molar-refractivity contribution in [2.45, 2.75) is 20.8 Å². The lowest BCUT2D eigenvalue weighted by Crippen LogP contribution is -2.41. The van der Waals surface area contributed by atoms with E-state index in [1.54, 1.807) is 18.9 Å². The Morgan fingerprint density at radius 1 is 1.25 bits per heavy atom. The van der Waals surface area contributed by atoms with E-state index < -0.39 is 5.41 Å². The fourth-order valence-corrected chi connectivity index (χ4v) is 2.47. The van der Waals surface area contributed by atoms with Gasteiger partial charge in [-0.25, -0.2) is 0 Å². The predicted molar refractivity (Wildman–Crippen MR) is 82.9 cm³/mol. The summed E-state index contributed by atoms with van der Waals surface area (Å²) in [6.45, 7) is 5.54. The minimum absolute atomic E-state index is 0.105. The molecule has 0 unspecified atom stereocenters. The largest absolute Gasteiger partial charge is 0.396 e. The van der Waals surface area contributed by atoms with E-state index in [1.807, 2.05) is 26.0 Å². The molecule has 5 heteroatoms. The highest BCUT2D eigenvalue weighted by atomic mass is 79.9. The molecular weight excluding hydrogens is 322 g/mol. The Bertz CT molecular complexity index is 498. The van der Waals surface area contributed by atoms with Crippen LogP contribution in [0.1, 0.15) is 28.4 Å². The van der Waals surface area contributed by atoms with E-state index in [9.17, 15) is 15.0 Å². The van der Waals surface area contributed by atoms with Crippen LogP contribution in [0.4, 0.5) is 0 Å². The van der Waals surface area contributed by atoms with Gasteiger partial charge in [0.05, 0.1) is 13.2 Å². The highest BCUT2D eigenvalue weighted by Gasteiger charge is 2.27. The molecule has 0 bridgehead atoms. The number of hydrogen-bond donors (Lipinski definition) is 2. The van der Waals surface area contributed by atoms with Gasteiger partial charge in [-0.3, -0.25) is 4.79 Å². The Balaban J connectivity index is 2.98. The van der Waals surface area contributed by atoms with E-state index in [0.29, 0.717) is 12.1 Å². The number of hydrogen-bond acceptors (Lipinski definition) is 3. The SMILES string of the molecule is Cc1cc(C(=O)N(C)CC(C)(CO)CO)c(C)cc1Br. The minimum atomic E-state index is -0.692. The number of carbonyl (C=O) groups is 1. The molecule has 1 rings (SSSR count). The van der Waals surface area contributed by atoms with E-state index in [4.69, 9.17) is 0 Å². The van der Waals surface area contributed by atoms with Crippen molar-refractivity contribution in [3.05, 3.63) is 33.3 Å². The summed E-state index contributed by atoms with van der Waals surface area (Å²) in [4.78, 5) is 14.0. The van der Waals surface area contributed by atoms with Gasteiger partial charge in [0.1, 0.15) is 0 Å². The summed E-state index contributed by atoms with van der Waals surface area (Å²) in [5, 5.41) is 18.6. The fraction of sp³-hybridized carbons (Fsp3) is 0.533. The van der Waals surface area contributed by atoms with Gasteiger partial charge < -0.3 is 15.1 Å². The molecule has 20 heavy (non-hydrogen) atoms. The monoisotopic (exact) mass is 343 g/mol. The average molecular weight is 344 g/mol. The van der Waals surface area contributed by atoms with Gasteiger partial charge in [0.15, 0.2) is 0 Å². The number of halogens is 1. The van der Waals surface area contributed by atoms with Crippen LogP contribution in [0.2, 0.25) is 0 Å². The van der Waals surface area contributed by atoms with Crippen LogP contribution >= 0.6 is 15.9 Å². The Kier molecular flexibility index (Phi) is 5.74. The number of benzene rings is 1. The highest BCUT2D eigenvalue weighted by molar-refractivity contribution is 9.10. The molecule has 0 aliphatic heterocycles. The Hall–Kier alpha value is -0.910. The number of carbonyl (C=O) groups excluding carboxylic acids is 1. The van der Waals surface area contributed by atoms with Crippen LogP contribution in [0.25, 0.3) is 0 Å². The molecule has 0 aliphatic carbocycles. The number of aliphatic hydroxyl groups excluding tert-OH is 2. The average Bonchev–Trinajstić information content (AvgIpc) is 2.41. The maximum Gasteiger partial charge on any atom is 0.253 e. The zero-order chi connectivity index (χ0) is 15.5. The number of aryl methyl sites for hydroxylation is 2. The van der Waals surface area contributed by atoms with Gasteiger partial charge in [-0.15, -0.1) is 0 Å². The van der Waals surface area contributed by atoms with Crippen LogP contribution in [-0.2, 0) is 0 Å². The number of aliphatic hydroxyl groups is 2. The molecule has 0 saturated heterocycles. The van der Waals surface area contributed by atoms with Crippen molar-refractivity contribution in [2.75, 3.05) is 26.8 Å². The summed E-state index contributed by atoms with van der Waals surface area (Å²) >= 11 is 3.45. The Morgan fingerprint density at radius 2 is 1.80 bits per heavy atom. The smallest absolute Gasteiger partial charge is 0.253 e. The van der Waals surface area contributed by atoms with Gasteiger partial charge in [-0.1, -0.05) is 22.9 Å². The second kappa shape index (κ2) is 6.70. The van der Waals surface area contributed by atoms with E-state index in [1.165, 1.54) is 0 Å². The van der Waals surface area contributed by atoms with Crippen molar-refractivity contribution < 1.29 is 15.0 Å². The second-order valence-electron chi connectivity index (χ2n) is 5.70. The van der Waals surface area contributed by atoms with Gasteiger partial charge in [-0.05, 0) is 37.1 Å². The van der Waals surface area contributed by atoms with Crippen molar-refractivity contribution in [3.8, 4) is 0 Å². The molecule has 1 aromatic rings. The molecule has 2 N–H and O–H groups in total. The first-order valence-electron chi connectivity index (χ1n) is 6.48. The standard InChI is InChI=1S/C15H22BrNO3/c1-10-6-13(16)11(2)5-12(10)14(20)17(4)7-15(3,8-18)9-19/h5-6,18-19H,7-9H2,1-4H3. The molecule has 0 atom stereocenters. The molecule has 0 aliphatic rings. The molecule has 0 fully saturated rings. The summed E-state index contributed by atoms with van der Waals surface area (Å²) in [6, 6.07) is 3.78. The lowest BCUT2D eigenvalue weighted by atomic mass is 9.92. The molecule has 0 aromatic heterocycles. The normalized spacial score (nSPS) is 11.6. The van der Waals surface area contributed by atoms with Crippen molar-refractivity contribution in [3.63, 3.8) is 0 Å². The van der Waals surface area contributed by atoms with Crippen molar-refractivity contribution in [1.29, 1.82) is 0 Å². The fourth-order valence-electron chi connectivity index (χ4n) is 2.01. The van der Waals surface area contributed by atoms with Crippen molar-refractivity contribution in [1.82, 2.24) is 4.90 Å². The third-order valence-corrected chi connectivity index (χ3v) is 4.32. The summed E-state index contributed by atoms with van der Waals surface area (Å²) in [7, 11) is 1.68. The highest BCUT2D eigenvalue weighted by Crippen LogP contribution is 2.23. The maximum absolute atomic E-state index is 12.5. The van der Waals surface area contributed by atoms with Gasteiger partial charge in [0.25, 0.3) is 5.91 Å². The van der Waals surface area contributed by atoms with Crippen LogP contribution in [0.3, 0.4) is 0 Å². The summed E-state index contributed by atoms with van der Waals surface area (Å²) in [5.41, 5.74) is 1.85. The first kappa shape index (κ1) is 17.1. The van der Waals surface area contributed by atoms with Gasteiger partial charge in [-0.2, -0.15) is 0 Å². The Labute approximate surface area is 128 Å². The molecule has 4 nitrogen and oxygen atoms in total. The molecule has 0 heterocycles. The van der Waals surface area contributed by atoms with E-state index in [0.717, 1.165) is 15.6 Å². The van der Waals surface area contributed by atoms with Crippen LogP contribution in [0.15, 0.2) is 16.6 Å². The minimum Gasteiger partial charge on any atom is -0.396 e. The number of amides is 1. The van der Waals surface area contributed by atoms with Gasteiger partial charge >= 0.3 is 0 Å². The zero-order valence-corrected chi connectivity index (χ0v) is 14.0. The Morgan fingerprint density at radius 3 is 2.30 bits per heavy atom. The third kappa shape index (κ3) is 3.81. The maximum atomic E-state index is 12.5. The van der Waals surface area contributed by atoms with Crippen LogP contribution in [0, 0.1) is 19.3 Å². The van der Waals surface area contributed by atoms with E-state index >= 15 is 0 Å². The van der Waals surface area contributed by atoms with Crippen LogP contribution in [-0.4, -0.2) is 47.8 Å². The molecule has 1 aromatic carbocycles. The van der Waals surface area contributed by atoms with E-state index in [-0.39, 0.29) is 19.1 Å². The molecule has 0 spiro atoms. The molecule has 0 saturated carbocycles. The lowest BCUT2D eigenvalue weighted by Gasteiger charge is -2.30. The topological polar surface area (TPSA) is 60.8 Å². The first-order chi connectivity index (χ1) is 9.24. The number of rotatable bonds is 5. The third-order valence-electron chi connectivity index (χ3n) is 3.47. The zero-order valence-electron chi connectivity index (χ0n) is 12.4. The van der Waals surface area contributed by atoms with Crippen LogP contribution in [0.5, 0.6) is 0 Å². The molecular formula is C15H22BrNO3. The van der Waals surface area contributed by atoms with Gasteiger partial charge in [0, 0.05) is 29.0 Å². The van der Waals surface area contributed by atoms with Crippen LogP contribution < -0.4 is 0 Å². The van der Waals surface area contributed by atoms with E-state index in [2.05, 4.69) is 15.9 Å². The summed E-state index contributed by atoms with van der Waals surface area (Å²) in [5.74, 6) is -0.105. The van der Waals surface area contributed by atoms with Crippen molar-refractivity contribution >= 4 is 21.8 Å². The predicted octanol–water partition coefficient (Wildman–Crippen LogP) is 2.13. The van der Waals surface area contributed by atoms with Gasteiger partial charge in [0.2, 0.25) is 0 Å². The molecule has 1 amide bonds. The second-order valence-corrected chi connectivity index (χ2v) is 6.56. The quantitative estimate of drug-likeness (QED) is 0.860. The van der Waals surface area contributed by atoms with Crippen molar-refractivity contribution in [2.24, 2.45) is 5.41 Å².